The molecule has 2 nitrogen and oxygen atoms in total. The first-order valence-corrected chi connectivity index (χ1v) is 6.99. The second-order valence-corrected chi connectivity index (χ2v) is 6.17. The highest BCUT2D eigenvalue weighted by Crippen LogP contribution is 2.23. The summed E-state index contributed by atoms with van der Waals surface area (Å²) in [4.78, 5) is 2.64. The zero-order chi connectivity index (χ0) is 12.0. The van der Waals surface area contributed by atoms with E-state index in [1.54, 1.807) is 0 Å². The molecule has 0 aromatic carbocycles. The van der Waals surface area contributed by atoms with E-state index in [9.17, 15) is 0 Å². The maximum absolute atomic E-state index is 3.62. The lowest BCUT2D eigenvalue weighted by molar-refractivity contribution is 0.178. The van der Waals surface area contributed by atoms with E-state index in [1.807, 2.05) is 0 Å². The van der Waals surface area contributed by atoms with Gasteiger partial charge in [-0.2, -0.15) is 0 Å². The number of nitrogens with one attached hydrogen (secondary N) is 1. The third-order valence-electron chi connectivity index (χ3n) is 3.76. The smallest absolute Gasteiger partial charge is 0.00474 e. The quantitative estimate of drug-likeness (QED) is 0.718. The summed E-state index contributed by atoms with van der Waals surface area (Å²) in [6, 6.07) is 0. The van der Waals surface area contributed by atoms with Crippen LogP contribution in [0.3, 0.4) is 0 Å². The number of likely N-dealkylation sites (tertiary alicyclic amines) is 1. The molecule has 0 saturated carbocycles. The fourth-order valence-electron chi connectivity index (χ4n) is 2.44. The number of nitrogens with zero attached hydrogens (tertiary/aromatic N) is 1. The lowest BCUT2D eigenvalue weighted by atomic mass is 9.86. The van der Waals surface area contributed by atoms with Crippen LogP contribution in [0.4, 0.5) is 0 Å². The molecule has 1 atom stereocenters. The highest BCUT2D eigenvalue weighted by Gasteiger charge is 2.26. The number of rotatable bonds is 7. The predicted octanol–water partition coefficient (Wildman–Crippen LogP) is 2.74. The van der Waals surface area contributed by atoms with Crippen LogP contribution >= 0.6 is 0 Å². The normalized spacial score (nSPS) is 21.6. The Morgan fingerprint density at radius 2 is 1.88 bits per heavy atom. The highest BCUT2D eigenvalue weighted by atomic mass is 15.1. The molecule has 0 spiro atoms. The minimum Gasteiger partial charge on any atom is -0.316 e. The Balaban J connectivity index is 2.30. The second kappa shape index (κ2) is 6.61. The van der Waals surface area contributed by atoms with Crippen molar-refractivity contribution in [3.8, 4) is 0 Å². The van der Waals surface area contributed by atoms with Crippen molar-refractivity contribution in [2.24, 2.45) is 11.3 Å². The molecule has 0 amide bonds. The van der Waals surface area contributed by atoms with Gasteiger partial charge >= 0.3 is 0 Å². The first-order chi connectivity index (χ1) is 7.56. The molecule has 1 rings (SSSR count). The summed E-state index contributed by atoms with van der Waals surface area (Å²) in [6.07, 6.45) is 4.08. The van der Waals surface area contributed by atoms with Crippen LogP contribution in [0.5, 0.6) is 0 Å². The summed E-state index contributed by atoms with van der Waals surface area (Å²) in [6.45, 7) is 15.5. The Morgan fingerprint density at radius 1 is 1.25 bits per heavy atom. The lowest BCUT2D eigenvalue weighted by Gasteiger charge is -2.33. The first-order valence-electron chi connectivity index (χ1n) is 6.99. The van der Waals surface area contributed by atoms with Gasteiger partial charge in [0.1, 0.15) is 0 Å². The van der Waals surface area contributed by atoms with E-state index < -0.39 is 0 Å². The molecule has 2 heteroatoms. The number of hydrogen-bond acceptors (Lipinski definition) is 2. The van der Waals surface area contributed by atoms with Crippen LogP contribution in [-0.4, -0.2) is 37.6 Å². The molecule has 0 aromatic heterocycles. The van der Waals surface area contributed by atoms with Crippen molar-refractivity contribution < 1.29 is 0 Å². The van der Waals surface area contributed by atoms with E-state index in [0.717, 1.165) is 19.0 Å². The maximum Gasteiger partial charge on any atom is 0.00474 e. The van der Waals surface area contributed by atoms with Gasteiger partial charge in [-0.05, 0) is 50.2 Å². The van der Waals surface area contributed by atoms with E-state index in [4.69, 9.17) is 0 Å². The Morgan fingerprint density at radius 3 is 2.38 bits per heavy atom. The molecule has 0 aliphatic carbocycles. The molecule has 96 valence electrons. The lowest BCUT2D eigenvalue weighted by Crippen LogP contribution is -2.41. The van der Waals surface area contributed by atoms with Gasteiger partial charge in [-0.1, -0.05) is 27.7 Å². The first kappa shape index (κ1) is 14.0. The fourth-order valence-corrected chi connectivity index (χ4v) is 2.44. The largest absolute Gasteiger partial charge is 0.316 e. The molecule has 1 fully saturated rings. The Hall–Kier alpha value is -0.0800. The van der Waals surface area contributed by atoms with Crippen molar-refractivity contribution >= 4 is 0 Å². The van der Waals surface area contributed by atoms with Gasteiger partial charge in [0.15, 0.2) is 0 Å². The van der Waals surface area contributed by atoms with Crippen molar-refractivity contribution in [1.82, 2.24) is 10.2 Å². The van der Waals surface area contributed by atoms with E-state index in [1.165, 1.54) is 38.9 Å². The minimum absolute atomic E-state index is 0.458. The molecule has 1 heterocycles. The minimum atomic E-state index is 0.458. The van der Waals surface area contributed by atoms with Crippen molar-refractivity contribution in [2.45, 2.75) is 47.0 Å². The van der Waals surface area contributed by atoms with Gasteiger partial charge in [0.05, 0.1) is 0 Å². The van der Waals surface area contributed by atoms with Gasteiger partial charge < -0.3 is 10.2 Å². The molecular formula is C14H30N2. The predicted molar refractivity (Wildman–Crippen MR) is 71.8 cm³/mol. The van der Waals surface area contributed by atoms with Gasteiger partial charge in [0, 0.05) is 13.1 Å². The van der Waals surface area contributed by atoms with Gasteiger partial charge in [-0.25, -0.2) is 0 Å². The van der Waals surface area contributed by atoms with E-state index >= 15 is 0 Å². The van der Waals surface area contributed by atoms with Crippen LogP contribution in [0.15, 0.2) is 0 Å². The third-order valence-corrected chi connectivity index (χ3v) is 3.76. The van der Waals surface area contributed by atoms with Gasteiger partial charge in [0.2, 0.25) is 0 Å². The Labute approximate surface area is 102 Å². The van der Waals surface area contributed by atoms with Crippen LogP contribution in [0.2, 0.25) is 0 Å². The van der Waals surface area contributed by atoms with Crippen LogP contribution in [0.25, 0.3) is 0 Å². The fraction of sp³-hybridized carbons (Fsp3) is 1.00. The summed E-state index contributed by atoms with van der Waals surface area (Å²) < 4.78 is 0. The van der Waals surface area contributed by atoms with E-state index in [2.05, 4.69) is 37.9 Å². The van der Waals surface area contributed by atoms with E-state index in [0.29, 0.717) is 5.41 Å². The standard InChI is InChI=1S/C14H30N2/c1-5-14(4,11-15-10-13(2)3)12-16-8-6-7-9-16/h13,15H,5-12H2,1-4H3. The zero-order valence-corrected chi connectivity index (χ0v) is 11.7. The van der Waals surface area contributed by atoms with Crippen molar-refractivity contribution in [3.05, 3.63) is 0 Å². The average Bonchev–Trinajstić information content (AvgIpc) is 2.69. The van der Waals surface area contributed by atoms with Crippen LogP contribution < -0.4 is 5.32 Å². The second-order valence-electron chi connectivity index (χ2n) is 6.17. The Bertz CT molecular complexity index is 185. The molecule has 1 saturated heterocycles. The summed E-state index contributed by atoms with van der Waals surface area (Å²) in [5.41, 5.74) is 0.458. The monoisotopic (exact) mass is 226 g/mol. The molecule has 0 bridgehead atoms. The molecular weight excluding hydrogens is 196 g/mol. The highest BCUT2D eigenvalue weighted by molar-refractivity contribution is 4.81. The summed E-state index contributed by atoms with van der Waals surface area (Å²) in [7, 11) is 0. The topological polar surface area (TPSA) is 15.3 Å². The molecule has 1 N–H and O–H groups in total. The molecule has 1 unspecified atom stereocenters. The SMILES string of the molecule is CCC(C)(CNCC(C)C)CN1CCCC1. The van der Waals surface area contributed by atoms with Gasteiger partial charge in [-0.3, -0.25) is 0 Å². The third kappa shape index (κ3) is 4.84. The molecule has 0 aromatic rings. The van der Waals surface area contributed by atoms with Gasteiger partial charge in [-0.15, -0.1) is 0 Å². The summed E-state index contributed by atoms with van der Waals surface area (Å²) in [5, 5.41) is 3.62. The summed E-state index contributed by atoms with van der Waals surface area (Å²) in [5.74, 6) is 0.757. The van der Waals surface area contributed by atoms with Crippen molar-refractivity contribution in [1.29, 1.82) is 0 Å². The zero-order valence-electron chi connectivity index (χ0n) is 11.7. The van der Waals surface area contributed by atoms with Crippen LogP contribution in [0, 0.1) is 11.3 Å². The molecule has 1 aliphatic rings. The molecule has 0 radical (unpaired) electrons. The van der Waals surface area contributed by atoms with Crippen LogP contribution in [0.1, 0.15) is 47.0 Å². The van der Waals surface area contributed by atoms with Crippen LogP contribution in [-0.2, 0) is 0 Å². The van der Waals surface area contributed by atoms with Crippen molar-refractivity contribution in [3.63, 3.8) is 0 Å². The number of hydrogen-bond donors (Lipinski definition) is 1. The van der Waals surface area contributed by atoms with E-state index in [-0.39, 0.29) is 0 Å². The molecule has 16 heavy (non-hydrogen) atoms. The Kier molecular flexibility index (Phi) is 5.77. The molecule has 1 aliphatic heterocycles. The van der Waals surface area contributed by atoms with Crippen molar-refractivity contribution in [2.75, 3.05) is 32.7 Å². The van der Waals surface area contributed by atoms with Gasteiger partial charge in [0.25, 0.3) is 0 Å². The average molecular weight is 226 g/mol. The maximum atomic E-state index is 3.62. The summed E-state index contributed by atoms with van der Waals surface area (Å²) >= 11 is 0.